The van der Waals surface area contributed by atoms with Crippen LogP contribution < -0.4 is 5.32 Å². The van der Waals surface area contributed by atoms with Crippen LogP contribution in [0.4, 0.5) is 0 Å². The lowest BCUT2D eigenvalue weighted by atomic mass is 9.95. The molecular formula is C12H25NO. The second-order valence-electron chi connectivity index (χ2n) is 4.75. The van der Waals surface area contributed by atoms with Crippen molar-refractivity contribution in [1.82, 2.24) is 5.32 Å². The molecule has 1 atom stereocenters. The molecule has 14 heavy (non-hydrogen) atoms. The fraction of sp³-hybridized carbons (Fsp3) is 1.00. The Morgan fingerprint density at radius 1 is 1.14 bits per heavy atom. The van der Waals surface area contributed by atoms with Crippen LogP contribution in [0.1, 0.15) is 58.8 Å². The van der Waals surface area contributed by atoms with Gasteiger partial charge in [-0.15, -0.1) is 0 Å². The average Bonchev–Trinajstić information content (AvgIpc) is 2.59. The number of nitrogens with one attached hydrogen (secondary N) is 1. The molecule has 1 aliphatic rings. The summed E-state index contributed by atoms with van der Waals surface area (Å²) in [5.41, 5.74) is 0.269. The molecule has 1 heterocycles. The molecule has 0 amide bonds. The minimum atomic E-state index is 0.269. The van der Waals surface area contributed by atoms with Gasteiger partial charge in [0, 0.05) is 5.54 Å². The van der Waals surface area contributed by atoms with Gasteiger partial charge in [0.2, 0.25) is 0 Å². The lowest BCUT2D eigenvalue weighted by Crippen LogP contribution is -2.38. The largest absolute Gasteiger partial charge is 0.364 e. The van der Waals surface area contributed by atoms with Crippen molar-refractivity contribution in [2.24, 2.45) is 0 Å². The maximum atomic E-state index is 5.34. The number of rotatable bonds is 7. The highest BCUT2D eigenvalue weighted by atomic mass is 16.5. The van der Waals surface area contributed by atoms with Gasteiger partial charge in [0.1, 0.15) is 0 Å². The van der Waals surface area contributed by atoms with Crippen molar-refractivity contribution in [1.29, 1.82) is 0 Å². The quantitative estimate of drug-likeness (QED) is 0.636. The van der Waals surface area contributed by atoms with Crippen molar-refractivity contribution in [3.8, 4) is 0 Å². The second kappa shape index (κ2) is 6.41. The van der Waals surface area contributed by atoms with Gasteiger partial charge in [0.05, 0.1) is 13.3 Å². The van der Waals surface area contributed by atoms with E-state index in [1.54, 1.807) is 0 Å². The lowest BCUT2D eigenvalue weighted by molar-refractivity contribution is 0.176. The van der Waals surface area contributed by atoms with Crippen LogP contribution in [0.15, 0.2) is 0 Å². The summed E-state index contributed by atoms with van der Waals surface area (Å²) >= 11 is 0. The predicted octanol–water partition coefficient (Wildman–Crippen LogP) is 3.07. The zero-order valence-electron chi connectivity index (χ0n) is 9.77. The third-order valence-corrected chi connectivity index (χ3v) is 3.10. The SMILES string of the molecule is CCCCCCCCC1(C)COCN1. The molecule has 2 nitrogen and oxygen atoms in total. The highest BCUT2D eigenvalue weighted by molar-refractivity contribution is 4.84. The predicted molar refractivity (Wildman–Crippen MR) is 60.4 cm³/mol. The molecule has 1 unspecified atom stereocenters. The van der Waals surface area contributed by atoms with E-state index in [-0.39, 0.29) is 5.54 Å². The van der Waals surface area contributed by atoms with Gasteiger partial charge in [0.25, 0.3) is 0 Å². The average molecular weight is 199 g/mol. The molecule has 0 radical (unpaired) electrons. The Labute approximate surface area is 88.4 Å². The normalized spacial score (nSPS) is 27.0. The molecule has 0 aromatic heterocycles. The Bertz CT molecular complexity index is 141. The van der Waals surface area contributed by atoms with Crippen molar-refractivity contribution in [2.45, 2.75) is 64.3 Å². The fourth-order valence-corrected chi connectivity index (χ4v) is 2.01. The molecule has 1 aliphatic heterocycles. The molecule has 0 aromatic carbocycles. The van der Waals surface area contributed by atoms with Gasteiger partial charge in [-0.3, -0.25) is 5.32 Å². The van der Waals surface area contributed by atoms with Crippen LogP contribution in [-0.2, 0) is 4.74 Å². The summed E-state index contributed by atoms with van der Waals surface area (Å²) in [6, 6.07) is 0. The molecule has 2 heteroatoms. The summed E-state index contributed by atoms with van der Waals surface area (Å²) in [6.45, 7) is 6.17. The number of unbranched alkanes of at least 4 members (excludes halogenated alkanes) is 5. The molecule has 1 N–H and O–H groups in total. The van der Waals surface area contributed by atoms with Gasteiger partial charge < -0.3 is 4.74 Å². The first-order valence-corrected chi connectivity index (χ1v) is 6.10. The molecular weight excluding hydrogens is 174 g/mol. The van der Waals surface area contributed by atoms with Crippen LogP contribution in [0.5, 0.6) is 0 Å². The number of hydrogen-bond donors (Lipinski definition) is 1. The van der Waals surface area contributed by atoms with Crippen molar-refractivity contribution in [3.05, 3.63) is 0 Å². The summed E-state index contributed by atoms with van der Waals surface area (Å²) in [6.07, 6.45) is 9.56. The molecule has 0 aliphatic carbocycles. The van der Waals surface area contributed by atoms with E-state index in [1.165, 1.54) is 44.9 Å². The van der Waals surface area contributed by atoms with Gasteiger partial charge in [-0.05, 0) is 13.3 Å². The first-order valence-electron chi connectivity index (χ1n) is 6.10. The van der Waals surface area contributed by atoms with E-state index in [1.807, 2.05) is 0 Å². The lowest BCUT2D eigenvalue weighted by Gasteiger charge is -2.21. The maximum absolute atomic E-state index is 5.34. The van der Waals surface area contributed by atoms with E-state index >= 15 is 0 Å². The third kappa shape index (κ3) is 4.43. The summed E-state index contributed by atoms with van der Waals surface area (Å²) in [5.74, 6) is 0. The number of ether oxygens (including phenoxy) is 1. The van der Waals surface area contributed by atoms with E-state index in [4.69, 9.17) is 4.74 Å². The zero-order valence-corrected chi connectivity index (χ0v) is 9.77. The van der Waals surface area contributed by atoms with E-state index in [9.17, 15) is 0 Å². The van der Waals surface area contributed by atoms with Crippen molar-refractivity contribution < 1.29 is 4.74 Å². The van der Waals surface area contributed by atoms with Gasteiger partial charge in [-0.2, -0.15) is 0 Å². The molecule has 0 spiro atoms. The highest BCUT2D eigenvalue weighted by Crippen LogP contribution is 2.19. The standard InChI is InChI=1S/C12H25NO/c1-3-4-5-6-7-8-9-12(2)10-14-11-13-12/h13H,3-11H2,1-2H3. The molecule has 84 valence electrons. The molecule has 0 aromatic rings. The topological polar surface area (TPSA) is 21.3 Å². The summed E-state index contributed by atoms with van der Waals surface area (Å²) in [5, 5.41) is 3.41. The van der Waals surface area contributed by atoms with E-state index in [0.29, 0.717) is 0 Å². The van der Waals surface area contributed by atoms with Gasteiger partial charge in [0.15, 0.2) is 0 Å². The Kier molecular flexibility index (Phi) is 5.49. The molecule has 0 saturated carbocycles. The third-order valence-electron chi connectivity index (χ3n) is 3.10. The Morgan fingerprint density at radius 2 is 1.86 bits per heavy atom. The summed E-state index contributed by atoms with van der Waals surface area (Å²) < 4.78 is 5.34. The Morgan fingerprint density at radius 3 is 2.50 bits per heavy atom. The first kappa shape index (κ1) is 12.0. The molecule has 1 fully saturated rings. The molecule has 1 rings (SSSR count). The number of hydrogen-bond acceptors (Lipinski definition) is 2. The Balaban J connectivity index is 1.92. The van der Waals surface area contributed by atoms with Crippen molar-refractivity contribution in [2.75, 3.05) is 13.3 Å². The maximum Gasteiger partial charge on any atom is 0.0971 e. The summed E-state index contributed by atoms with van der Waals surface area (Å²) in [7, 11) is 0. The summed E-state index contributed by atoms with van der Waals surface area (Å²) in [4.78, 5) is 0. The van der Waals surface area contributed by atoms with Gasteiger partial charge in [-0.25, -0.2) is 0 Å². The van der Waals surface area contributed by atoms with Crippen molar-refractivity contribution in [3.63, 3.8) is 0 Å². The smallest absolute Gasteiger partial charge is 0.0971 e. The van der Waals surface area contributed by atoms with Gasteiger partial charge in [-0.1, -0.05) is 45.4 Å². The first-order chi connectivity index (χ1) is 6.77. The second-order valence-corrected chi connectivity index (χ2v) is 4.75. The van der Waals surface area contributed by atoms with Crippen LogP contribution in [0.25, 0.3) is 0 Å². The van der Waals surface area contributed by atoms with Crippen LogP contribution in [0.3, 0.4) is 0 Å². The van der Waals surface area contributed by atoms with Crippen LogP contribution in [-0.4, -0.2) is 18.9 Å². The van der Waals surface area contributed by atoms with Crippen LogP contribution in [0, 0.1) is 0 Å². The minimum Gasteiger partial charge on any atom is -0.364 e. The van der Waals surface area contributed by atoms with Crippen LogP contribution in [0.2, 0.25) is 0 Å². The molecule has 0 bridgehead atoms. The highest BCUT2D eigenvalue weighted by Gasteiger charge is 2.27. The fourth-order valence-electron chi connectivity index (χ4n) is 2.01. The monoisotopic (exact) mass is 199 g/mol. The van der Waals surface area contributed by atoms with E-state index in [2.05, 4.69) is 19.2 Å². The Hall–Kier alpha value is -0.0800. The van der Waals surface area contributed by atoms with Gasteiger partial charge >= 0.3 is 0 Å². The van der Waals surface area contributed by atoms with E-state index < -0.39 is 0 Å². The molecule has 1 saturated heterocycles. The van der Waals surface area contributed by atoms with Crippen molar-refractivity contribution >= 4 is 0 Å². The van der Waals surface area contributed by atoms with Crippen LogP contribution >= 0.6 is 0 Å². The van der Waals surface area contributed by atoms with E-state index in [0.717, 1.165) is 13.3 Å². The zero-order chi connectivity index (χ0) is 10.3. The minimum absolute atomic E-state index is 0.269.